The summed E-state index contributed by atoms with van der Waals surface area (Å²) in [7, 11) is 0. The molecule has 2 aliphatic carbocycles. The highest BCUT2D eigenvalue weighted by atomic mass is 16.3. The first-order chi connectivity index (χ1) is 9.61. The Kier molecular flexibility index (Phi) is 3.90. The van der Waals surface area contributed by atoms with Gasteiger partial charge in [0.1, 0.15) is 0 Å². The average Bonchev–Trinajstić information content (AvgIpc) is 2.37. The van der Waals surface area contributed by atoms with E-state index in [4.69, 9.17) is 0 Å². The second-order valence-electron chi connectivity index (χ2n) is 7.27. The van der Waals surface area contributed by atoms with Crippen LogP contribution in [-0.2, 0) is 5.60 Å². The molecule has 1 heteroatoms. The molecule has 2 unspecified atom stereocenters. The molecule has 3 rings (SSSR count). The first kappa shape index (κ1) is 14.1. The lowest BCUT2D eigenvalue weighted by molar-refractivity contribution is -0.0721. The smallest absolute Gasteiger partial charge is 0.0927 e. The summed E-state index contributed by atoms with van der Waals surface area (Å²) in [6.07, 6.45) is 8.59. The van der Waals surface area contributed by atoms with Crippen molar-refractivity contribution >= 4 is 0 Å². The van der Waals surface area contributed by atoms with E-state index in [0.717, 1.165) is 24.3 Å². The Morgan fingerprint density at radius 3 is 2.25 bits per heavy atom. The molecule has 0 aliphatic heterocycles. The van der Waals surface area contributed by atoms with E-state index in [1.54, 1.807) is 0 Å². The molecule has 2 saturated carbocycles. The Morgan fingerprint density at radius 2 is 1.70 bits per heavy atom. The predicted molar refractivity (Wildman–Crippen MR) is 83.7 cm³/mol. The average molecular weight is 272 g/mol. The van der Waals surface area contributed by atoms with Crippen LogP contribution in [-0.4, -0.2) is 5.11 Å². The summed E-state index contributed by atoms with van der Waals surface area (Å²) in [6.45, 7) is 4.51. The van der Waals surface area contributed by atoms with Gasteiger partial charge in [-0.1, -0.05) is 57.4 Å². The molecule has 2 aliphatic rings. The van der Waals surface area contributed by atoms with Crippen LogP contribution < -0.4 is 0 Å². The fourth-order valence-corrected chi connectivity index (χ4v) is 4.21. The zero-order valence-corrected chi connectivity index (χ0v) is 12.9. The van der Waals surface area contributed by atoms with Gasteiger partial charge in [0.05, 0.1) is 5.60 Å². The topological polar surface area (TPSA) is 20.2 Å². The van der Waals surface area contributed by atoms with Crippen LogP contribution in [0.15, 0.2) is 24.3 Å². The van der Waals surface area contributed by atoms with Crippen LogP contribution in [0.25, 0.3) is 0 Å². The molecular weight excluding hydrogens is 244 g/mol. The highest BCUT2D eigenvalue weighted by Gasteiger charge is 2.41. The van der Waals surface area contributed by atoms with Crippen molar-refractivity contribution in [2.45, 2.75) is 70.3 Å². The normalized spacial score (nSPS) is 31.3. The Morgan fingerprint density at radius 1 is 1.00 bits per heavy atom. The van der Waals surface area contributed by atoms with Crippen molar-refractivity contribution in [1.82, 2.24) is 0 Å². The fourth-order valence-electron chi connectivity index (χ4n) is 4.21. The predicted octanol–water partition coefficient (Wildman–Crippen LogP) is 4.99. The minimum Gasteiger partial charge on any atom is -0.385 e. The third-order valence-corrected chi connectivity index (χ3v) is 5.73. The van der Waals surface area contributed by atoms with Crippen molar-refractivity contribution in [1.29, 1.82) is 0 Å². The molecule has 110 valence electrons. The molecule has 0 amide bonds. The SMILES string of the molecule is CC(C)C1CCCCC1(O)c1ccc(C2CCC2)cc1. The maximum atomic E-state index is 11.3. The van der Waals surface area contributed by atoms with Crippen molar-refractivity contribution in [3.05, 3.63) is 35.4 Å². The highest BCUT2D eigenvalue weighted by Crippen LogP contribution is 2.45. The molecule has 20 heavy (non-hydrogen) atoms. The van der Waals surface area contributed by atoms with Crippen LogP contribution in [0.5, 0.6) is 0 Å². The molecule has 1 aromatic carbocycles. The summed E-state index contributed by atoms with van der Waals surface area (Å²) < 4.78 is 0. The lowest BCUT2D eigenvalue weighted by Crippen LogP contribution is -2.40. The first-order valence-corrected chi connectivity index (χ1v) is 8.44. The van der Waals surface area contributed by atoms with Crippen LogP contribution in [0, 0.1) is 11.8 Å². The quantitative estimate of drug-likeness (QED) is 0.822. The van der Waals surface area contributed by atoms with Crippen molar-refractivity contribution in [3.63, 3.8) is 0 Å². The second kappa shape index (κ2) is 5.52. The zero-order chi connectivity index (χ0) is 14.2. The van der Waals surface area contributed by atoms with Crippen LogP contribution in [0.4, 0.5) is 0 Å². The van der Waals surface area contributed by atoms with Gasteiger partial charge >= 0.3 is 0 Å². The van der Waals surface area contributed by atoms with Gasteiger partial charge in [0.2, 0.25) is 0 Å². The number of hydrogen-bond donors (Lipinski definition) is 1. The summed E-state index contributed by atoms with van der Waals surface area (Å²) in [6, 6.07) is 8.94. The van der Waals surface area contributed by atoms with Gasteiger partial charge < -0.3 is 5.11 Å². The van der Waals surface area contributed by atoms with Gasteiger partial charge in [-0.15, -0.1) is 0 Å². The minimum atomic E-state index is -0.593. The molecule has 0 aromatic heterocycles. The first-order valence-electron chi connectivity index (χ1n) is 8.44. The highest BCUT2D eigenvalue weighted by molar-refractivity contribution is 5.31. The maximum absolute atomic E-state index is 11.3. The van der Waals surface area contributed by atoms with E-state index >= 15 is 0 Å². The van der Waals surface area contributed by atoms with Crippen molar-refractivity contribution in [2.75, 3.05) is 0 Å². The van der Waals surface area contributed by atoms with Crippen LogP contribution >= 0.6 is 0 Å². The van der Waals surface area contributed by atoms with E-state index in [2.05, 4.69) is 38.1 Å². The number of aliphatic hydroxyl groups is 1. The third-order valence-electron chi connectivity index (χ3n) is 5.73. The molecule has 0 heterocycles. The van der Waals surface area contributed by atoms with Gasteiger partial charge in [0.15, 0.2) is 0 Å². The summed E-state index contributed by atoms with van der Waals surface area (Å²) in [5.74, 6) is 1.74. The van der Waals surface area contributed by atoms with Crippen LogP contribution in [0.3, 0.4) is 0 Å². The summed E-state index contributed by atoms with van der Waals surface area (Å²) in [5, 5.41) is 11.3. The van der Waals surface area contributed by atoms with Crippen LogP contribution in [0.2, 0.25) is 0 Å². The fraction of sp³-hybridized carbons (Fsp3) is 0.684. The van der Waals surface area contributed by atoms with Gasteiger partial charge in [-0.25, -0.2) is 0 Å². The summed E-state index contributed by atoms with van der Waals surface area (Å²) in [5.41, 5.74) is 2.03. The molecule has 0 bridgehead atoms. The lowest BCUT2D eigenvalue weighted by Gasteiger charge is -2.43. The van der Waals surface area contributed by atoms with E-state index in [0.29, 0.717) is 11.8 Å². The lowest BCUT2D eigenvalue weighted by atomic mass is 9.67. The van der Waals surface area contributed by atoms with Gasteiger partial charge in [0.25, 0.3) is 0 Å². The van der Waals surface area contributed by atoms with E-state index in [1.165, 1.54) is 37.7 Å². The van der Waals surface area contributed by atoms with Crippen molar-refractivity contribution in [3.8, 4) is 0 Å². The van der Waals surface area contributed by atoms with Crippen molar-refractivity contribution in [2.24, 2.45) is 11.8 Å². The molecule has 0 radical (unpaired) electrons. The Labute approximate surface area is 123 Å². The largest absolute Gasteiger partial charge is 0.385 e. The molecule has 1 aromatic rings. The molecular formula is C19H28O. The maximum Gasteiger partial charge on any atom is 0.0927 e. The monoisotopic (exact) mass is 272 g/mol. The molecule has 1 nitrogen and oxygen atoms in total. The number of hydrogen-bond acceptors (Lipinski definition) is 1. The Balaban J connectivity index is 1.85. The number of benzene rings is 1. The van der Waals surface area contributed by atoms with Gasteiger partial charge in [-0.05, 0) is 54.6 Å². The third kappa shape index (κ3) is 2.41. The number of rotatable bonds is 3. The minimum absolute atomic E-state index is 0.408. The Bertz CT molecular complexity index is 443. The Hall–Kier alpha value is -0.820. The molecule has 2 fully saturated rings. The van der Waals surface area contributed by atoms with E-state index in [-0.39, 0.29) is 0 Å². The molecule has 0 spiro atoms. The second-order valence-corrected chi connectivity index (χ2v) is 7.27. The van der Waals surface area contributed by atoms with E-state index < -0.39 is 5.60 Å². The standard InChI is InChI=1S/C19H28O/c1-14(2)18-8-3-4-13-19(18,20)17-11-9-16(10-12-17)15-6-5-7-15/h9-12,14-15,18,20H,3-8,13H2,1-2H3. The van der Waals surface area contributed by atoms with E-state index in [9.17, 15) is 5.11 Å². The van der Waals surface area contributed by atoms with Gasteiger partial charge in [-0.3, -0.25) is 0 Å². The van der Waals surface area contributed by atoms with Gasteiger partial charge in [-0.2, -0.15) is 0 Å². The van der Waals surface area contributed by atoms with Crippen LogP contribution in [0.1, 0.15) is 75.8 Å². The summed E-state index contributed by atoms with van der Waals surface area (Å²) in [4.78, 5) is 0. The van der Waals surface area contributed by atoms with Crippen molar-refractivity contribution < 1.29 is 5.11 Å². The molecule has 0 saturated heterocycles. The van der Waals surface area contributed by atoms with Gasteiger partial charge in [0, 0.05) is 0 Å². The zero-order valence-electron chi connectivity index (χ0n) is 12.9. The summed E-state index contributed by atoms with van der Waals surface area (Å²) >= 11 is 0. The molecule has 2 atom stereocenters. The molecule has 1 N–H and O–H groups in total. The van der Waals surface area contributed by atoms with E-state index in [1.807, 2.05) is 0 Å².